The Kier molecular flexibility index (Phi) is 8.34. The Balaban J connectivity index is 3.14. The maximum Gasteiger partial charge on any atom is 0.337 e. The highest BCUT2D eigenvalue weighted by atomic mass is 32.2. The summed E-state index contributed by atoms with van der Waals surface area (Å²) in [5.41, 5.74) is -0.894. The average molecular weight is 404 g/mol. The van der Waals surface area contributed by atoms with Crippen molar-refractivity contribution in [3.8, 4) is 0 Å². The van der Waals surface area contributed by atoms with Crippen LogP contribution in [0.15, 0.2) is 29.2 Å². The summed E-state index contributed by atoms with van der Waals surface area (Å²) in [6.45, 7) is 6.62. The molecule has 0 aromatic heterocycles. The van der Waals surface area contributed by atoms with Gasteiger partial charge in [-0.25, -0.2) is 4.79 Å². The quantitative estimate of drug-likeness (QED) is 0.446. The van der Waals surface area contributed by atoms with Crippen LogP contribution in [0.4, 0.5) is 0 Å². The van der Waals surface area contributed by atoms with E-state index in [-0.39, 0.29) is 23.6 Å². The van der Waals surface area contributed by atoms with Gasteiger partial charge in [-0.2, -0.15) is 8.42 Å². The van der Waals surface area contributed by atoms with Gasteiger partial charge in [0.25, 0.3) is 10.1 Å². The van der Waals surface area contributed by atoms with Crippen LogP contribution in [0, 0.1) is 18.8 Å². The Hall–Kier alpha value is -1.34. The van der Waals surface area contributed by atoms with E-state index in [9.17, 15) is 22.9 Å². The normalized spacial score (nSPS) is 15.7. The molecule has 2 unspecified atom stereocenters. The zero-order valence-electron chi connectivity index (χ0n) is 15.3. The monoisotopic (exact) mass is 404 g/mol. The average Bonchev–Trinajstić information content (AvgIpc) is 2.55. The van der Waals surface area contributed by atoms with Crippen LogP contribution in [0.2, 0.25) is 0 Å². The third-order valence-electron chi connectivity index (χ3n) is 4.18. The summed E-state index contributed by atoms with van der Waals surface area (Å²) in [4.78, 5) is 11.9. The van der Waals surface area contributed by atoms with Gasteiger partial charge in [0.2, 0.25) is 0 Å². The minimum atomic E-state index is -4.05. The number of rotatable bonds is 11. The van der Waals surface area contributed by atoms with Crippen molar-refractivity contribution in [2.24, 2.45) is 11.8 Å². The molecule has 1 rings (SSSR count). The number of hydrogen-bond acceptors (Lipinski definition) is 6. The van der Waals surface area contributed by atoms with E-state index in [2.05, 4.69) is 0 Å². The fraction of sp³-hybridized carbons (Fsp3) is 0.588. The molecule has 0 aliphatic heterocycles. The molecule has 0 aliphatic carbocycles. The van der Waals surface area contributed by atoms with Crippen molar-refractivity contribution in [1.29, 1.82) is 0 Å². The minimum absolute atomic E-state index is 0.00936. The second-order valence-corrected chi connectivity index (χ2v) is 8.51. The van der Waals surface area contributed by atoms with E-state index in [4.69, 9.17) is 8.92 Å². The molecular weight excluding hydrogens is 379 g/mol. The summed E-state index contributed by atoms with van der Waals surface area (Å²) < 4.78 is 46.6. The van der Waals surface area contributed by atoms with E-state index in [0.29, 0.717) is 0 Å². The van der Waals surface area contributed by atoms with Gasteiger partial charge in [-0.05, 0) is 31.9 Å². The van der Waals surface area contributed by atoms with Crippen molar-refractivity contribution in [1.82, 2.24) is 0 Å². The maximum atomic E-state index is 12.4. The van der Waals surface area contributed by atoms with Crippen LogP contribution >= 0.6 is 8.46 Å². The van der Waals surface area contributed by atoms with E-state index >= 15 is 0 Å². The van der Waals surface area contributed by atoms with E-state index in [0.717, 1.165) is 5.56 Å². The molecule has 1 aromatic carbocycles. The summed E-state index contributed by atoms with van der Waals surface area (Å²) in [6.07, 6.45) is -0.299. The van der Waals surface area contributed by atoms with Crippen LogP contribution in [0.3, 0.4) is 0 Å². The topological polar surface area (TPSA) is 107 Å². The molecule has 146 valence electrons. The predicted octanol–water partition coefficient (Wildman–Crippen LogP) is 3.12. The largest absolute Gasteiger partial charge is 0.479 e. The van der Waals surface area contributed by atoms with Gasteiger partial charge in [-0.15, -0.1) is 0 Å². The van der Waals surface area contributed by atoms with Crippen molar-refractivity contribution < 1.29 is 31.8 Å². The summed E-state index contributed by atoms with van der Waals surface area (Å²) in [5, 5.41) is 9.71. The van der Waals surface area contributed by atoms with Crippen LogP contribution in [0.5, 0.6) is 0 Å². The lowest BCUT2D eigenvalue weighted by Crippen LogP contribution is -2.54. The minimum Gasteiger partial charge on any atom is -0.479 e. The molecule has 0 saturated heterocycles. The molecule has 0 bridgehead atoms. The number of carboxylic acids is 1. The van der Waals surface area contributed by atoms with Gasteiger partial charge in [0.05, 0.1) is 17.7 Å². The first-order valence-corrected chi connectivity index (χ1v) is 10.6. The number of carbonyl (C=O) groups is 1. The smallest absolute Gasteiger partial charge is 0.337 e. The fourth-order valence-corrected chi connectivity index (χ4v) is 4.30. The summed E-state index contributed by atoms with van der Waals surface area (Å²) in [6, 6.07) is 6.15. The van der Waals surface area contributed by atoms with E-state index in [1.165, 1.54) is 12.1 Å². The molecule has 0 amide bonds. The van der Waals surface area contributed by atoms with Crippen LogP contribution in [-0.2, 0) is 28.4 Å². The third-order valence-corrected chi connectivity index (χ3v) is 6.07. The van der Waals surface area contributed by atoms with E-state index in [1.54, 1.807) is 32.9 Å². The standard InChI is InChI=1S/C17H25O7PS/c1-5-23-17(11-25-20,16(18)19)15(12(2)3)10-24-26(21,22)14-8-6-13(4)7-9-14/h6-9,12,15H,5,10-11H2,1-4H3,(H,18,19). The Labute approximate surface area is 156 Å². The van der Waals surface area contributed by atoms with Crippen molar-refractivity contribution in [3.63, 3.8) is 0 Å². The highest BCUT2D eigenvalue weighted by Crippen LogP contribution is 2.33. The third kappa shape index (κ3) is 5.33. The molecule has 26 heavy (non-hydrogen) atoms. The number of benzene rings is 1. The van der Waals surface area contributed by atoms with Crippen molar-refractivity contribution in [3.05, 3.63) is 29.8 Å². The SMILES string of the molecule is CCOC(CP=O)(C(=O)O)C(COS(=O)(=O)c1ccc(C)cc1)C(C)C. The number of hydrogen-bond donors (Lipinski definition) is 1. The van der Waals surface area contributed by atoms with Gasteiger partial charge in [0, 0.05) is 12.5 Å². The van der Waals surface area contributed by atoms with Crippen LogP contribution < -0.4 is 0 Å². The number of aliphatic carboxylic acids is 1. The van der Waals surface area contributed by atoms with E-state index in [1.807, 2.05) is 6.92 Å². The van der Waals surface area contributed by atoms with Crippen molar-refractivity contribution in [2.75, 3.05) is 19.4 Å². The highest BCUT2D eigenvalue weighted by molar-refractivity contribution is 7.86. The van der Waals surface area contributed by atoms with Crippen molar-refractivity contribution in [2.45, 2.75) is 38.2 Å². The van der Waals surface area contributed by atoms with E-state index < -0.39 is 42.7 Å². The molecule has 1 N–H and O–H groups in total. The van der Waals surface area contributed by atoms with Crippen LogP contribution in [0.25, 0.3) is 0 Å². The molecule has 1 aromatic rings. The van der Waals surface area contributed by atoms with Gasteiger partial charge in [0.1, 0.15) is 0 Å². The Morgan fingerprint density at radius 1 is 1.27 bits per heavy atom. The van der Waals surface area contributed by atoms with Crippen LogP contribution in [0.1, 0.15) is 26.3 Å². The highest BCUT2D eigenvalue weighted by Gasteiger charge is 2.49. The van der Waals surface area contributed by atoms with Gasteiger partial charge < -0.3 is 9.84 Å². The maximum absolute atomic E-state index is 12.4. The first-order chi connectivity index (χ1) is 12.1. The Bertz CT molecular complexity index is 715. The zero-order valence-corrected chi connectivity index (χ0v) is 17.0. The molecule has 0 spiro atoms. The molecular formula is C17H25O7PS. The molecule has 0 radical (unpaired) electrons. The summed E-state index contributed by atoms with van der Waals surface area (Å²) in [5.74, 6) is -2.40. The van der Waals surface area contributed by atoms with Gasteiger partial charge in [0.15, 0.2) is 14.1 Å². The summed E-state index contributed by atoms with van der Waals surface area (Å²) >= 11 is 0. The first-order valence-electron chi connectivity index (χ1n) is 8.23. The molecule has 2 atom stereocenters. The molecule has 0 aliphatic rings. The zero-order chi connectivity index (χ0) is 20.0. The van der Waals surface area contributed by atoms with Crippen molar-refractivity contribution >= 4 is 24.5 Å². The molecule has 0 heterocycles. The lowest BCUT2D eigenvalue weighted by molar-refractivity contribution is -0.174. The lowest BCUT2D eigenvalue weighted by Gasteiger charge is -2.37. The lowest BCUT2D eigenvalue weighted by atomic mass is 9.81. The molecule has 0 saturated carbocycles. The second kappa shape index (κ2) is 9.55. The molecule has 9 heteroatoms. The number of aryl methyl sites for hydroxylation is 1. The van der Waals surface area contributed by atoms with Crippen LogP contribution in [-0.4, -0.2) is 44.5 Å². The molecule has 7 nitrogen and oxygen atoms in total. The fourth-order valence-electron chi connectivity index (χ4n) is 2.71. The van der Waals surface area contributed by atoms with Gasteiger partial charge >= 0.3 is 5.97 Å². The molecule has 0 fully saturated rings. The second-order valence-electron chi connectivity index (χ2n) is 6.32. The van der Waals surface area contributed by atoms with Gasteiger partial charge in [-0.3, -0.25) is 8.75 Å². The Morgan fingerprint density at radius 2 is 1.85 bits per heavy atom. The number of ether oxygens (including phenoxy) is 1. The Morgan fingerprint density at radius 3 is 2.27 bits per heavy atom. The first kappa shape index (κ1) is 22.7. The predicted molar refractivity (Wildman–Crippen MR) is 97.1 cm³/mol. The number of carboxylic acid groups (broad SMARTS) is 1. The summed E-state index contributed by atoms with van der Waals surface area (Å²) in [7, 11) is -4.45. The van der Waals surface area contributed by atoms with Gasteiger partial charge in [-0.1, -0.05) is 31.5 Å².